The van der Waals surface area contributed by atoms with E-state index in [1.165, 1.54) is 11.8 Å². The number of benzene rings is 3. The molecule has 0 amide bonds. The molecular weight excluding hydrogens is 460 g/mol. The van der Waals surface area contributed by atoms with E-state index in [0.29, 0.717) is 44.3 Å². The molecule has 2 aromatic heterocycles. The predicted molar refractivity (Wildman–Crippen MR) is 128 cm³/mol. The van der Waals surface area contributed by atoms with Crippen LogP contribution in [0, 0.1) is 0 Å². The van der Waals surface area contributed by atoms with Gasteiger partial charge in [-0.2, -0.15) is 0 Å². The van der Waals surface area contributed by atoms with E-state index in [1.807, 2.05) is 48.5 Å². The third-order valence-electron chi connectivity index (χ3n) is 4.94. The SMILES string of the molecule is COc1ccc(-c2nnc(CSc3nc4ccccc4c(=O)n3-c3cccc(Cl)c3)o2)cc1. The first kappa shape index (κ1) is 21.2. The molecule has 164 valence electrons. The molecule has 0 atom stereocenters. The number of hydrogen-bond donors (Lipinski definition) is 0. The second-order valence-corrected chi connectivity index (χ2v) is 8.43. The van der Waals surface area contributed by atoms with E-state index in [9.17, 15) is 4.79 Å². The van der Waals surface area contributed by atoms with E-state index in [0.717, 1.165) is 11.3 Å². The van der Waals surface area contributed by atoms with Gasteiger partial charge in [0.2, 0.25) is 11.8 Å². The third-order valence-corrected chi connectivity index (χ3v) is 6.10. The molecule has 5 aromatic rings. The van der Waals surface area contributed by atoms with Crippen molar-refractivity contribution in [2.24, 2.45) is 0 Å². The number of fused-ring (bicyclic) bond motifs is 1. The number of methoxy groups -OCH3 is 1. The summed E-state index contributed by atoms with van der Waals surface area (Å²) in [5, 5.41) is 9.85. The molecule has 0 spiro atoms. The number of halogens is 1. The molecule has 9 heteroatoms. The summed E-state index contributed by atoms with van der Waals surface area (Å²) in [6, 6.07) is 21.7. The zero-order valence-corrected chi connectivity index (χ0v) is 19.0. The molecule has 0 aliphatic rings. The van der Waals surface area contributed by atoms with Crippen LogP contribution in [0.1, 0.15) is 5.89 Å². The van der Waals surface area contributed by atoms with Gasteiger partial charge in [-0.05, 0) is 54.6 Å². The molecule has 0 N–H and O–H groups in total. The number of hydrogen-bond acceptors (Lipinski definition) is 7. The van der Waals surface area contributed by atoms with Crippen LogP contribution in [-0.2, 0) is 5.75 Å². The van der Waals surface area contributed by atoms with Crippen LogP contribution in [-0.4, -0.2) is 26.9 Å². The fourth-order valence-corrected chi connectivity index (χ4v) is 4.37. The van der Waals surface area contributed by atoms with Gasteiger partial charge in [0.25, 0.3) is 5.56 Å². The number of nitrogens with zero attached hydrogens (tertiary/aromatic N) is 4. The van der Waals surface area contributed by atoms with Crippen LogP contribution in [0.3, 0.4) is 0 Å². The van der Waals surface area contributed by atoms with Crippen molar-refractivity contribution in [3.05, 3.63) is 94.1 Å². The number of aromatic nitrogens is 4. The second kappa shape index (κ2) is 9.09. The van der Waals surface area contributed by atoms with E-state index in [4.69, 9.17) is 25.7 Å². The highest BCUT2D eigenvalue weighted by molar-refractivity contribution is 7.98. The second-order valence-electron chi connectivity index (χ2n) is 7.05. The van der Waals surface area contributed by atoms with Gasteiger partial charge in [-0.15, -0.1) is 10.2 Å². The van der Waals surface area contributed by atoms with Gasteiger partial charge in [0, 0.05) is 10.6 Å². The summed E-state index contributed by atoms with van der Waals surface area (Å²) in [7, 11) is 1.61. The molecule has 0 aliphatic heterocycles. The van der Waals surface area contributed by atoms with E-state index < -0.39 is 0 Å². The maximum atomic E-state index is 13.3. The molecule has 7 nitrogen and oxygen atoms in total. The van der Waals surface area contributed by atoms with Crippen LogP contribution < -0.4 is 10.3 Å². The Hall–Kier alpha value is -3.62. The van der Waals surface area contributed by atoms with Crippen molar-refractivity contribution in [2.45, 2.75) is 10.9 Å². The average Bonchev–Trinajstić information content (AvgIpc) is 3.32. The monoisotopic (exact) mass is 476 g/mol. The van der Waals surface area contributed by atoms with Gasteiger partial charge in [-0.1, -0.05) is 41.6 Å². The fourth-order valence-electron chi connectivity index (χ4n) is 3.34. The first-order valence-electron chi connectivity index (χ1n) is 10.00. The lowest BCUT2D eigenvalue weighted by Crippen LogP contribution is -2.21. The molecule has 33 heavy (non-hydrogen) atoms. The summed E-state index contributed by atoms with van der Waals surface area (Å²) in [5.74, 6) is 1.92. The van der Waals surface area contributed by atoms with Gasteiger partial charge < -0.3 is 9.15 Å². The maximum absolute atomic E-state index is 13.3. The molecule has 0 fully saturated rings. The Balaban J connectivity index is 1.48. The summed E-state index contributed by atoms with van der Waals surface area (Å²) in [6.07, 6.45) is 0. The van der Waals surface area contributed by atoms with Crippen molar-refractivity contribution in [2.75, 3.05) is 7.11 Å². The average molecular weight is 477 g/mol. The number of para-hydroxylation sites is 1. The Kier molecular flexibility index (Phi) is 5.85. The van der Waals surface area contributed by atoms with Crippen molar-refractivity contribution in [3.8, 4) is 22.9 Å². The number of rotatable bonds is 6. The summed E-state index contributed by atoms with van der Waals surface area (Å²) in [6.45, 7) is 0. The van der Waals surface area contributed by atoms with Gasteiger partial charge in [-0.3, -0.25) is 9.36 Å². The van der Waals surface area contributed by atoms with Gasteiger partial charge >= 0.3 is 0 Å². The minimum Gasteiger partial charge on any atom is -0.497 e. The van der Waals surface area contributed by atoms with E-state index in [1.54, 1.807) is 35.9 Å². The fraction of sp³-hybridized carbons (Fsp3) is 0.0833. The van der Waals surface area contributed by atoms with E-state index >= 15 is 0 Å². The summed E-state index contributed by atoms with van der Waals surface area (Å²) in [4.78, 5) is 18.0. The lowest BCUT2D eigenvalue weighted by atomic mass is 10.2. The van der Waals surface area contributed by atoms with Crippen LogP contribution in [0.2, 0.25) is 5.02 Å². The quantitative estimate of drug-likeness (QED) is 0.240. The van der Waals surface area contributed by atoms with Crippen molar-refractivity contribution in [1.82, 2.24) is 19.7 Å². The summed E-state index contributed by atoms with van der Waals surface area (Å²) < 4.78 is 12.6. The zero-order valence-electron chi connectivity index (χ0n) is 17.4. The minimum absolute atomic E-state index is 0.171. The Morgan fingerprint density at radius 3 is 2.64 bits per heavy atom. The number of ether oxygens (including phenoxy) is 1. The van der Waals surface area contributed by atoms with Crippen LogP contribution in [0.25, 0.3) is 28.0 Å². The van der Waals surface area contributed by atoms with Crippen LogP contribution in [0.5, 0.6) is 5.75 Å². The molecule has 0 saturated heterocycles. The third kappa shape index (κ3) is 4.35. The Morgan fingerprint density at radius 1 is 1.03 bits per heavy atom. The maximum Gasteiger partial charge on any atom is 0.266 e. The summed E-state index contributed by atoms with van der Waals surface area (Å²) >= 11 is 7.52. The molecular formula is C24H17ClN4O3S. The first-order valence-corrected chi connectivity index (χ1v) is 11.4. The van der Waals surface area contributed by atoms with Crippen molar-refractivity contribution >= 4 is 34.3 Å². The Labute approximate surface area is 198 Å². The number of thioether (sulfide) groups is 1. The standard InChI is InChI=1S/C24H17ClN4O3S/c1-31-18-11-9-15(10-12-18)22-28-27-21(32-22)14-33-24-26-20-8-3-2-7-19(20)23(30)29(24)17-6-4-5-16(25)13-17/h2-13H,14H2,1H3. The topological polar surface area (TPSA) is 83.0 Å². The highest BCUT2D eigenvalue weighted by Crippen LogP contribution is 2.27. The minimum atomic E-state index is -0.171. The Bertz CT molecular complexity index is 1500. The first-order chi connectivity index (χ1) is 16.1. The van der Waals surface area contributed by atoms with E-state index in [2.05, 4.69) is 10.2 Å². The van der Waals surface area contributed by atoms with Gasteiger partial charge in [0.05, 0.1) is 29.5 Å². The molecule has 2 heterocycles. The van der Waals surface area contributed by atoms with Crippen molar-refractivity contribution in [3.63, 3.8) is 0 Å². The van der Waals surface area contributed by atoms with Crippen LogP contribution in [0.4, 0.5) is 0 Å². The van der Waals surface area contributed by atoms with Crippen molar-refractivity contribution < 1.29 is 9.15 Å². The van der Waals surface area contributed by atoms with Crippen LogP contribution in [0.15, 0.2) is 87.2 Å². The summed E-state index contributed by atoms with van der Waals surface area (Å²) in [5.41, 5.74) is 1.87. The lowest BCUT2D eigenvalue weighted by Gasteiger charge is -2.13. The van der Waals surface area contributed by atoms with Gasteiger partial charge in [-0.25, -0.2) is 4.98 Å². The lowest BCUT2D eigenvalue weighted by molar-refractivity contribution is 0.415. The van der Waals surface area contributed by atoms with Gasteiger partial charge in [0.15, 0.2) is 5.16 Å². The molecule has 0 bridgehead atoms. The zero-order chi connectivity index (χ0) is 22.8. The van der Waals surface area contributed by atoms with Crippen LogP contribution >= 0.6 is 23.4 Å². The highest BCUT2D eigenvalue weighted by Gasteiger charge is 2.16. The highest BCUT2D eigenvalue weighted by atomic mass is 35.5. The normalized spacial score (nSPS) is 11.1. The smallest absolute Gasteiger partial charge is 0.266 e. The van der Waals surface area contributed by atoms with E-state index in [-0.39, 0.29) is 5.56 Å². The predicted octanol–water partition coefficient (Wildman–Crippen LogP) is 5.39. The molecule has 0 saturated carbocycles. The molecule has 5 rings (SSSR count). The van der Waals surface area contributed by atoms with Crippen molar-refractivity contribution in [1.29, 1.82) is 0 Å². The molecule has 0 radical (unpaired) electrons. The Morgan fingerprint density at radius 2 is 1.85 bits per heavy atom. The van der Waals surface area contributed by atoms with Gasteiger partial charge in [0.1, 0.15) is 5.75 Å². The molecule has 3 aromatic carbocycles. The molecule has 0 unspecified atom stereocenters. The molecule has 0 aliphatic carbocycles. The largest absolute Gasteiger partial charge is 0.497 e.